The number of hydrogen-bond donors (Lipinski definition) is 0. The molecule has 27 heavy (non-hydrogen) atoms. The van der Waals surface area contributed by atoms with E-state index in [1.165, 1.54) is 54.2 Å². The highest BCUT2D eigenvalue weighted by Gasteiger charge is 2.35. The van der Waals surface area contributed by atoms with Crippen molar-refractivity contribution in [2.24, 2.45) is 5.41 Å². The first kappa shape index (κ1) is 18.2. The first-order valence-electron chi connectivity index (χ1n) is 9.76. The molecule has 2 aromatic carbocycles. The third-order valence-electron chi connectivity index (χ3n) is 5.95. The van der Waals surface area contributed by atoms with Crippen LogP contribution in [0.25, 0.3) is 11.1 Å². The van der Waals surface area contributed by atoms with Crippen LogP contribution in [-0.2, 0) is 16.3 Å². The zero-order valence-electron chi connectivity index (χ0n) is 16.0. The summed E-state index contributed by atoms with van der Waals surface area (Å²) in [6, 6.07) is 16.2. The molecule has 0 radical (unpaired) electrons. The number of aryl methyl sites for hydroxylation is 1. The molecule has 1 fully saturated rings. The molecule has 3 heteroatoms. The first-order chi connectivity index (χ1) is 12.9. The summed E-state index contributed by atoms with van der Waals surface area (Å²) < 4.78 is 23.6. The van der Waals surface area contributed by atoms with Gasteiger partial charge in [0.1, 0.15) is 0 Å². The number of benzene rings is 2. The summed E-state index contributed by atoms with van der Waals surface area (Å²) in [6.45, 7) is 2.17. The minimum absolute atomic E-state index is 0.170. The predicted octanol–water partition coefficient (Wildman–Crippen LogP) is 5.69. The molecule has 0 aliphatic heterocycles. The molecule has 2 aromatic rings. The second-order valence-corrected chi connectivity index (χ2v) is 9.92. The Hall–Kier alpha value is -2.13. The lowest BCUT2D eigenvalue weighted by Crippen LogP contribution is -2.05. The van der Waals surface area contributed by atoms with E-state index in [9.17, 15) is 8.42 Å². The molecule has 140 valence electrons. The molecule has 0 saturated heterocycles. The van der Waals surface area contributed by atoms with Gasteiger partial charge in [0, 0.05) is 11.7 Å². The Balaban J connectivity index is 1.77. The average Bonchev–Trinajstić information content (AvgIpc) is 3.28. The molecule has 4 rings (SSSR count). The number of rotatable bonds is 4. The van der Waals surface area contributed by atoms with Crippen molar-refractivity contribution in [1.29, 1.82) is 0 Å². The van der Waals surface area contributed by atoms with E-state index < -0.39 is 9.84 Å². The zero-order valence-corrected chi connectivity index (χ0v) is 16.9. The molecule has 0 atom stereocenters. The van der Waals surface area contributed by atoms with Crippen LogP contribution in [0.1, 0.15) is 49.3 Å². The van der Waals surface area contributed by atoms with Crippen molar-refractivity contribution < 1.29 is 8.42 Å². The van der Waals surface area contributed by atoms with Crippen LogP contribution in [0.15, 0.2) is 65.6 Å². The third kappa shape index (κ3) is 3.53. The van der Waals surface area contributed by atoms with Crippen LogP contribution in [0.4, 0.5) is 0 Å². The number of hydrogen-bond acceptors (Lipinski definition) is 2. The van der Waals surface area contributed by atoms with Gasteiger partial charge < -0.3 is 0 Å². The van der Waals surface area contributed by atoms with Crippen LogP contribution >= 0.6 is 0 Å². The largest absolute Gasteiger partial charge is 0.224 e. The highest BCUT2D eigenvalue weighted by atomic mass is 32.2. The summed E-state index contributed by atoms with van der Waals surface area (Å²) in [6.07, 6.45) is 12.1. The van der Waals surface area contributed by atoms with Crippen LogP contribution < -0.4 is 0 Å². The van der Waals surface area contributed by atoms with E-state index in [2.05, 4.69) is 43.3 Å². The molecule has 2 nitrogen and oxygen atoms in total. The van der Waals surface area contributed by atoms with Crippen molar-refractivity contribution in [1.82, 2.24) is 0 Å². The van der Waals surface area contributed by atoms with Gasteiger partial charge in [-0.05, 0) is 59.2 Å². The van der Waals surface area contributed by atoms with E-state index in [0.29, 0.717) is 4.90 Å². The van der Waals surface area contributed by atoms with E-state index in [1.807, 2.05) is 12.1 Å². The predicted molar refractivity (Wildman–Crippen MR) is 112 cm³/mol. The van der Waals surface area contributed by atoms with E-state index >= 15 is 0 Å². The third-order valence-corrected chi connectivity index (χ3v) is 7.08. The average molecular weight is 379 g/mol. The molecular weight excluding hydrogens is 352 g/mol. The molecule has 0 heterocycles. The minimum Gasteiger partial charge on any atom is -0.224 e. The van der Waals surface area contributed by atoms with Gasteiger partial charge in [0.15, 0.2) is 9.84 Å². The van der Waals surface area contributed by atoms with Crippen molar-refractivity contribution >= 4 is 21.0 Å². The van der Waals surface area contributed by atoms with Crippen molar-refractivity contribution in [3.05, 3.63) is 77.4 Å². The van der Waals surface area contributed by atoms with Gasteiger partial charge in [-0.2, -0.15) is 0 Å². The SMILES string of the molecule is CCc1ccc(C2=CC3(C=C2c2ccc(S(C)(=O)=O)cc2)CCCC3)cc1. The lowest BCUT2D eigenvalue weighted by Gasteiger charge is -2.16. The van der Waals surface area contributed by atoms with Crippen molar-refractivity contribution in [2.75, 3.05) is 6.26 Å². The van der Waals surface area contributed by atoms with E-state index in [0.717, 1.165) is 12.0 Å². The fourth-order valence-corrected chi connectivity index (χ4v) is 5.00. The summed E-state index contributed by atoms with van der Waals surface area (Å²) >= 11 is 0. The molecule has 0 amide bonds. The summed E-state index contributed by atoms with van der Waals surface area (Å²) in [7, 11) is -3.17. The Morgan fingerprint density at radius 1 is 0.815 bits per heavy atom. The Morgan fingerprint density at radius 2 is 1.30 bits per heavy atom. The fourth-order valence-electron chi connectivity index (χ4n) is 4.37. The van der Waals surface area contributed by atoms with Gasteiger partial charge in [0.05, 0.1) is 4.90 Å². The molecule has 2 aliphatic rings. The molecule has 1 saturated carbocycles. The summed E-state index contributed by atoms with van der Waals surface area (Å²) in [4.78, 5) is 0.373. The Kier molecular flexibility index (Phi) is 4.59. The van der Waals surface area contributed by atoms with Gasteiger partial charge >= 0.3 is 0 Å². The van der Waals surface area contributed by atoms with Crippen LogP contribution in [0.3, 0.4) is 0 Å². The summed E-state index contributed by atoms with van der Waals surface area (Å²) in [5.74, 6) is 0. The highest BCUT2D eigenvalue weighted by molar-refractivity contribution is 7.90. The highest BCUT2D eigenvalue weighted by Crippen LogP contribution is 2.51. The topological polar surface area (TPSA) is 34.1 Å². The lowest BCUT2D eigenvalue weighted by atomic mass is 9.88. The maximum absolute atomic E-state index is 11.8. The van der Waals surface area contributed by atoms with Gasteiger partial charge in [0.2, 0.25) is 0 Å². The molecule has 0 bridgehead atoms. The smallest absolute Gasteiger partial charge is 0.175 e. The quantitative estimate of drug-likeness (QED) is 0.684. The molecule has 0 unspecified atom stereocenters. The van der Waals surface area contributed by atoms with Gasteiger partial charge in [0.25, 0.3) is 0 Å². The van der Waals surface area contributed by atoms with Gasteiger partial charge in [-0.1, -0.05) is 68.3 Å². The Labute approximate surface area is 162 Å². The molecule has 2 aliphatic carbocycles. The van der Waals surface area contributed by atoms with Gasteiger partial charge in [-0.15, -0.1) is 0 Å². The maximum Gasteiger partial charge on any atom is 0.175 e. The van der Waals surface area contributed by atoms with Gasteiger partial charge in [-0.25, -0.2) is 8.42 Å². The normalized spacial score (nSPS) is 18.6. The zero-order chi connectivity index (χ0) is 19.1. The molecular formula is C24H26O2S. The summed E-state index contributed by atoms with van der Waals surface area (Å²) in [5.41, 5.74) is 6.37. The van der Waals surface area contributed by atoms with Crippen LogP contribution in [0.5, 0.6) is 0 Å². The number of allylic oxidation sites excluding steroid dienone is 4. The molecule has 0 aromatic heterocycles. The van der Waals surface area contributed by atoms with Crippen molar-refractivity contribution in [2.45, 2.75) is 43.9 Å². The summed E-state index contributed by atoms with van der Waals surface area (Å²) in [5, 5.41) is 0. The number of sulfone groups is 1. The van der Waals surface area contributed by atoms with Gasteiger partial charge in [-0.3, -0.25) is 0 Å². The van der Waals surface area contributed by atoms with Crippen LogP contribution in [-0.4, -0.2) is 14.7 Å². The van der Waals surface area contributed by atoms with Crippen LogP contribution in [0.2, 0.25) is 0 Å². The first-order valence-corrected chi connectivity index (χ1v) is 11.7. The second-order valence-electron chi connectivity index (χ2n) is 7.90. The fraction of sp³-hybridized carbons (Fsp3) is 0.333. The van der Waals surface area contributed by atoms with Crippen LogP contribution in [0, 0.1) is 5.41 Å². The Bertz CT molecular complexity index is 1000. The van der Waals surface area contributed by atoms with E-state index in [4.69, 9.17) is 0 Å². The second kappa shape index (κ2) is 6.79. The molecule has 1 spiro atoms. The minimum atomic E-state index is -3.17. The lowest BCUT2D eigenvalue weighted by molar-refractivity contribution is 0.523. The monoisotopic (exact) mass is 378 g/mol. The standard InChI is InChI=1S/C24H26O2S/c1-3-18-6-8-19(9-7-18)22-16-24(14-4-5-15-24)17-23(22)20-10-12-21(13-11-20)27(2,25)26/h6-13,16-17H,3-5,14-15H2,1-2H3. The van der Waals surface area contributed by atoms with Crippen molar-refractivity contribution in [3.63, 3.8) is 0 Å². The van der Waals surface area contributed by atoms with Crippen molar-refractivity contribution in [3.8, 4) is 0 Å². The maximum atomic E-state index is 11.8. The van der Waals surface area contributed by atoms with E-state index in [1.54, 1.807) is 12.1 Å². The van der Waals surface area contributed by atoms with E-state index in [-0.39, 0.29) is 5.41 Å². The molecule has 0 N–H and O–H groups in total. The Morgan fingerprint density at radius 3 is 1.74 bits per heavy atom.